The molecule has 0 heterocycles. The molecule has 0 N–H and O–H groups in total. The van der Waals surface area contributed by atoms with Crippen molar-refractivity contribution in [3.8, 4) is 23.3 Å². The average Bonchev–Trinajstić information content (AvgIpc) is 2.76. The number of carbonyl (C=O) groups excluding carboxylic acids is 1. The van der Waals surface area contributed by atoms with Crippen LogP contribution in [-0.4, -0.2) is 18.8 Å². The van der Waals surface area contributed by atoms with Gasteiger partial charge in [-0.05, 0) is 24.3 Å². The van der Waals surface area contributed by atoms with E-state index in [0.717, 1.165) is 31.4 Å². The predicted octanol–water partition coefficient (Wildman–Crippen LogP) is 4.34. The van der Waals surface area contributed by atoms with Crippen molar-refractivity contribution in [1.29, 1.82) is 5.26 Å². The van der Waals surface area contributed by atoms with Crippen LogP contribution in [0.1, 0.15) is 27.7 Å². The molecule has 2 aromatic rings. The summed E-state index contributed by atoms with van der Waals surface area (Å²) in [5.74, 6) is -7.56. The molecule has 8 heteroatoms. The number of nitrogens with zero attached hydrogens (tertiary/aromatic N) is 1. The van der Waals surface area contributed by atoms with Crippen LogP contribution in [0, 0.1) is 17.1 Å². The number of ketones is 1. The lowest BCUT2D eigenvalue weighted by atomic mass is 10.1. The molecule has 4 nitrogen and oxygen atoms in total. The molecule has 3 rings (SSSR count). The molecule has 1 atom stereocenters. The van der Waals surface area contributed by atoms with Gasteiger partial charge in [-0.25, -0.2) is 8.78 Å². The molecule has 0 fully saturated rings. The number of ether oxygens (including phenoxy) is 2. The molecule has 0 saturated carbocycles. The second-order valence-corrected chi connectivity index (χ2v) is 5.26. The zero-order chi connectivity index (χ0) is 18.4. The number of Topliss-reactive ketones (excluding diaryl/α,β-unsaturated/α-hetero) is 1. The number of rotatable bonds is 3. The first-order valence-corrected chi connectivity index (χ1v) is 6.95. The van der Waals surface area contributed by atoms with E-state index in [0.29, 0.717) is 0 Å². The van der Waals surface area contributed by atoms with E-state index in [2.05, 4.69) is 0 Å². The van der Waals surface area contributed by atoms with Gasteiger partial charge in [-0.1, -0.05) is 0 Å². The third-order valence-electron chi connectivity index (χ3n) is 3.72. The van der Waals surface area contributed by atoms with E-state index in [1.807, 2.05) is 0 Å². The number of hydrogen-bond donors (Lipinski definition) is 0. The summed E-state index contributed by atoms with van der Waals surface area (Å²) in [6.07, 6.45) is -2.93. The standard InChI is InChI=1S/C17H9F4NO3/c1-24-11-2-3-12(13-14(11)16(23)17(20,21)15(13)19)25-10-5-8(7-22)4-9(18)6-10/h2-6,15H,1H3. The number of alkyl halides is 3. The number of hydrogen-bond acceptors (Lipinski definition) is 4. The summed E-state index contributed by atoms with van der Waals surface area (Å²) < 4.78 is 65.4. The van der Waals surface area contributed by atoms with Gasteiger partial charge in [-0.2, -0.15) is 14.0 Å². The summed E-state index contributed by atoms with van der Waals surface area (Å²) in [4.78, 5) is 11.8. The molecule has 1 aliphatic carbocycles. The minimum Gasteiger partial charge on any atom is -0.496 e. The van der Waals surface area contributed by atoms with Gasteiger partial charge in [-0.3, -0.25) is 4.79 Å². The fraction of sp³-hybridized carbons (Fsp3) is 0.176. The summed E-state index contributed by atoms with van der Waals surface area (Å²) in [5.41, 5.74) is -1.36. The molecular weight excluding hydrogens is 342 g/mol. The Morgan fingerprint density at radius 3 is 2.52 bits per heavy atom. The van der Waals surface area contributed by atoms with Crippen LogP contribution < -0.4 is 9.47 Å². The van der Waals surface area contributed by atoms with E-state index >= 15 is 0 Å². The van der Waals surface area contributed by atoms with E-state index in [9.17, 15) is 22.4 Å². The quantitative estimate of drug-likeness (QED) is 0.772. The average molecular weight is 351 g/mol. The highest BCUT2D eigenvalue weighted by molar-refractivity contribution is 6.09. The van der Waals surface area contributed by atoms with Gasteiger partial charge < -0.3 is 9.47 Å². The van der Waals surface area contributed by atoms with Gasteiger partial charge in [0.2, 0.25) is 12.0 Å². The molecule has 0 amide bonds. The van der Waals surface area contributed by atoms with Crippen molar-refractivity contribution < 1.29 is 31.8 Å². The van der Waals surface area contributed by atoms with E-state index in [4.69, 9.17) is 14.7 Å². The first-order valence-electron chi connectivity index (χ1n) is 6.95. The number of fused-ring (bicyclic) bond motifs is 1. The van der Waals surface area contributed by atoms with Crippen LogP contribution in [-0.2, 0) is 0 Å². The maximum atomic E-state index is 14.2. The second kappa shape index (κ2) is 5.77. The molecule has 0 saturated heterocycles. The topological polar surface area (TPSA) is 59.3 Å². The molecule has 0 spiro atoms. The Hall–Kier alpha value is -3.08. The number of carbonyl (C=O) groups is 1. The van der Waals surface area contributed by atoms with E-state index in [1.54, 1.807) is 6.07 Å². The van der Waals surface area contributed by atoms with Crippen molar-refractivity contribution in [2.45, 2.75) is 12.1 Å². The van der Waals surface area contributed by atoms with Gasteiger partial charge in [0, 0.05) is 6.07 Å². The normalized spacial score (nSPS) is 17.8. The molecule has 0 radical (unpaired) electrons. The highest BCUT2D eigenvalue weighted by atomic mass is 19.3. The van der Waals surface area contributed by atoms with Crippen LogP contribution in [0.2, 0.25) is 0 Å². The van der Waals surface area contributed by atoms with Crippen LogP contribution in [0.15, 0.2) is 30.3 Å². The zero-order valence-electron chi connectivity index (χ0n) is 12.6. The second-order valence-electron chi connectivity index (χ2n) is 5.26. The highest BCUT2D eigenvalue weighted by Crippen LogP contribution is 2.52. The molecular formula is C17H9F4NO3. The summed E-state index contributed by atoms with van der Waals surface area (Å²) >= 11 is 0. The van der Waals surface area contributed by atoms with Crippen LogP contribution >= 0.6 is 0 Å². The summed E-state index contributed by atoms with van der Waals surface area (Å²) in [7, 11) is 1.15. The van der Waals surface area contributed by atoms with Crippen LogP contribution in [0.4, 0.5) is 17.6 Å². The molecule has 25 heavy (non-hydrogen) atoms. The lowest BCUT2D eigenvalue weighted by Gasteiger charge is -2.14. The van der Waals surface area contributed by atoms with Crippen LogP contribution in [0.25, 0.3) is 0 Å². The van der Waals surface area contributed by atoms with Gasteiger partial charge >= 0.3 is 5.92 Å². The number of methoxy groups -OCH3 is 1. The molecule has 2 aromatic carbocycles. The molecule has 0 aliphatic heterocycles. The van der Waals surface area contributed by atoms with E-state index in [-0.39, 0.29) is 22.8 Å². The van der Waals surface area contributed by atoms with Crippen molar-refractivity contribution in [3.05, 3.63) is 52.8 Å². The largest absolute Gasteiger partial charge is 0.496 e. The third kappa shape index (κ3) is 2.58. The fourth-order valence-corrected chi connectivity index (χ4v) is 2.60. The molecule has 0 bridgehead atoms. The van der Waals surface area contributed by atoms with Crippen molar-refractivity contribution in [1.82, 2.24) is 0 Å². The smallest absolute Gasteiger partial charge is 0.344 e. The van der Waals surface area contributed by atoms with Crippen molar-refractivity contribution in [2.24, 2.45) is 0 Å². The molecule has 0 aromatic heterocycles. The lowest BCUT2D eigenvalue weighted by Crippen LogP contribution is -2.26. The summed E-state index contributed by atoms with van der Waals surface area (Å²) in [6.45, 7) is 0. The van der Waals surface area contributed by atoms with E-state index in [1.165, 1.54) is 6.07 Å². The Balaban J connectivity index is 2.13. The first-order chi connectivity index (χ1) is 11.8. The minimum atomic E-state index is -4.26. The number of benzene rings is 2. The summed E-state index contributed by atoms with van der Waals surface area (Å²) in [6, 6.07) is 7.01. The summed E-state index contributed by atoms with van der Waals surface area (Å²) in [5, 5.41) is 8.83. The van der Waals surface area contributed by atoms with Gasteiger partial charge in [0.1, 0.15) is 23.1 Å². The Morgan fingerprint density at radius 1 is 1.20 bits per heavy atom. The first kappa shape index (κ1) is 16.8. The Kier molecular flexibility index (Phi) is 3.87. The Labute approximate surface area is 139 Å². The van der Waals surface area contributed by atoms with Crippen molar-refractivity contribution in [2.75, 3.05) is 7.11 Å². The number of nitriles is 1. The maximum absolute atomic E-state index is 14.2. The van der Waals surface area contributed by atoms with Crippen molar-refractivity contribution in [3.63, 3.8) is 0 Å². The SMILES string of the molecule is COc1ccc(Oc2cc(F)cc(C#N)c2)c2c1C(=O)C(F)(F)C2F. The third-order valence-corrected chi connectivity index (χ3v) is 3.72. The van der Waals surface area contributed by atoms with Crippen LogP contribution in [0.3, 0.4) is 0 Å². The lowest BCUT2D eigenvalue weighted by molar-refractivity contribution is -0.0368. The molecule has 128 valence electrons. The zero-order valence-corrected chi connectivity index (χ0v) is 12.6. The fourth-order valence-electron chi connectivity index (χ4n) is 2.60. The maximum Gasteiger partial charge on any atom is 0.344 e. The van der Waals surface area contributed by atoms with Gasteiger partial charge in [0.15, 0.2) is 0 Å². The highest BCUT2D eigenvalue weighted by Gasteiger charge is 2.59. The van der Waals surface area contributed by atoms with Crippen LogP contribution in [0.5, 0.6) is 17.2 Å². The predicted molar refractivity (Wildman–Crippen MR) is 77.3 cm³/mol. The van der Waals surface area contributed by atoms with Gasteiger partial charge in [0.25, 0.3) is 0 Å². The van der Waals surface area contributed by atoms with Crippen molar-refractivity contribution >= 4 is 5.78 Å². The van der Waals surface area contributed by atoms with Gasteiger partial charge in [-0.15, -0.1) is 0 Å². The van der Waals surface area contributed by atoms with E-state index < -0.39 is 34.8 Å². The number of halogens is 4. The Morgan fingerprint density at radius 2 is 1.88 bits per heavy atom. The Bertz CT molecular complexity index is 921. The molecule has 1 aliphatic rings. The monoisotopic (exact) mass is 351 g/mol. The minimum absolute atomic E-state index is 0.0710. The van der Waals surface area contributed by atoms with Gasteiger partial charge in [0.05, 0.1) is 29.9 Å². The molecule has 1 unspecified atom stereocenters.